The van der Waals surface area contributed by atoms with Crippen molar-refractivity contribution in [3.05, 3.63) is 36.4 Å². The molecule has 6 rings (SSSR count). The van der Waals surface area contributed by atoms with Crippen molar-refractivity contribution in [3.63, 3.8) is 0 Å². The minimum atomic E-state index is -1.32. The van der Waals surface area contributed by atoms with Gasteiger partial charge in [-0.2, -0.15) is 4.80 Å². The second-order valence-electron chi connectivity index (χ2n) is 9.41. The molecular weight excluding hydrogens is 468 g/mol. The molecule has 3 aromatic rings. The normalized spacial score (nSPS) is 35.8. The third-order valence-corrected chi connectivity index (χ3v) is 7.92. The van der Waals surface area contributed by atoms with Crippen molar-refractivity contribution in [3.8, 4) is 0 Å². The Hall–Kier alpha value is -2.70. The van der Waals surface area contributed by atoms with E-state index in [-0.39, 0.29) is 36.2 Å². The summed E-state index contributed by atoms with van der Waals surface area (Å²) in [6, 6.07) is 3.20. The summed E-state index contributed by atoms with van der Waals surface area (Å²) in [6.07, 6.45) is 2.75. The highest BCUT2D eigenvalue weighted by atomic mass is 35.5. The summed E-state index contributed by atoms with van der Waals surface area (Å²) < 4.78 is 30.8. The molecule has 4 heterocycles. The molecule has 1 saturated heterocycles. The van der Waals surface area contributed by atoms with Gasteiger partial charge in [0.2, 0.25) is 5.91 Å². The highest BCUT2D eigenvalue weighted by Crippen LogP contribution is 2.48. The molecule has 0 aromatic carbocycles. The van der Waals surface area contributed by atoms with Gasteiger partial charge in [0.1, 0.15) is 18.0 Å². The minimum absolute atomic E-state index is 0.0296. The van der Waals surface area contributed by atoms with Crippen LogP contribution in [0.1, 0.15) is 30.9 Å². The number of nitrogens with one attached hydrogen (secondary N) is 3. The smallest absolute Gasteiger partial charge is 0.231 e. The van der Waals surface area contributed by atoms with E-state index in [0.717, 1.165) is 5.56 Å². The predicted octanol–water partition coefficient (Wildman–Crippen LogP) is 1.63. The van der Waals surface area contributed by atoms with Crippen LogP contribution in [0.2, 0.25) is 0 Å². The van der Waals surface area contributed by atoms with E-state index in [1.807, 2.05) is 25.3 Å². The Morgan fingerprint density at radius 3 is 2.88 bits per heavy atom. The summed E-state index contributed by atoms with van der Waals surface area (Å²) in [5, 5.41) is 13.7. The average Bonchev–Trinajstić information content (AvgIpc) is 3.26. The topological polar surface area (TPSA) is 114 Å². The zero-order valence-electron chi connectivity index (χ0n) is 18.2. The van der Waals surface area contributed by atoms with Crippen molar-refractivity contribution in [2.24, 2.45) is 17.8 Å². The number of carbonyl (C=O) groups is 1. The fourth-order valence-electron chi connectivity index (χ4n) is 5.54. The van der Waals surface area contributed by atoms with Gasteiger partial charge in [-0.3, -0.25) is 15.6 Å². The Morgan fingerprint density at radius 1 is 1.32 bits per heavy atom. The minimum Gasteiger partial charge on any atom is -0.309 e. The molecule has 0 bridgehead atoms. The van der Waals surface area contributed by atoms with Gasteiger partial charge < -0.3 is 9.72 Å². The van der Waals surface area contributed by atoms with E-state index < -0.39 is 29.6 Å². The lowest BCUT2D eigenvalue weighted by Crippen LogP contribution is -2.55. The van der Waals surface area contributed by atoms with Gasteiger partial charge in [-0.1, -0.05) is 6.07 Å². The van der Waals surface area contributed by atoms with Crippen LogP contribution in [0.15, 0.2) is 30.9 Å². The Kier molecular flexibility index (Phi) is 5.26. The van der Waals surface area contributed by atoms with Gasteiger partial charge in [-0.05, 0) is 36.1 Å². The lowest BCUT2D eigenvalue weighted by Gasteiger charge is -2.45. The first-order chi connectivity index (χ1) is 16.4. The average molecular weight is 492 g/mol. The summed E-state index contributed by atoms with van der Waals surface area (Å²) in [6.45, 7) is 2.51. The summed E-state index contributed by atoms with van der Waals surface area (Å²) in [5.74, 6) is -1.29. The van der Waals surface area contributed by atoms with Gasteiger partial charge in [0.25, 0.3) is 0 Å². The largest absolute Gasteiger partial charge is 0.309 e. The molecule has 2 saturated carbocycles. The van der Waals surface area contributed by atoms with Gasteiger partial charge in [-0.25, -0.2) is 13.8 Å². The lowest BCUT2D eigenvalue weighted by atomic mass is 9.66. The van der Waals surface area contributed by atoms with Crippen LogP contribution in [0.4, 0.5) is 14.6 Å². The molecule has 3 aromatic heterocycles. The fraction of sp³-hybridized carbons (Fsp3) is 0.571. The van der Waals surface area contributed by atoms with Crippen LogP contribution in [0.5, 0.6) is 0 Å². The SMILES string of the molecule is C[C@@H](C1C(F)C(Cl)C(c2ccc3nc(NC(=O)[C@@H]4C[C@@H]4F)cn3c2)C2CNNC21)n1ncnn1. The number of alkyl halides is 3. The molecule has 10 nitrogen and oxygen atoms in total. The fourth-order valence-corrected chi connectivity index (χ4v) is 6.04. The predicted molar refractivity (Wildman–Crippen MR) is 119 cm³/mol. The summed E-state index contributed by atoms with van der Waals surface area (Å²) in [5.41, 5.74) is 7.93. The van der Waals surface area contributed by atoms with E-state index in [1.165, 1.54) is 11.1 Å². The number of pyridine rings is 1. The molecule has 3 fully saturated rings. The molecule has 0 radical (unpaired) electrons. The van der Waals surface area contributed by atoms with Crippen molar-refractivity contribution in [2.45, 2.75) is 49.1 Å². The third-order valence-electron chi connectivity index (χ3n) is 7.40. The van der Waals surface area contributed by atoms with Crippen LogP contribution in [-0.4, -0.2) is 65.8 Å². The molecule has 1 aliphatic heterocycles. The standard InChI is InChI=1S/C21H24ClF2N9O/c1-9(33-27-8-26-31-33)16-19(24)18(22)17(12-5-25-30-20(12)16)10-2-3-15-28-14(7-32(15)6-10)29-21(34)11-4-13(11)23/h2-3,6-9,11-13,16-20,25,30H,4-5H2,1H3,(H,29,34)/t9-,11+,12?,13-,16?,17?,18?,19?,20?/m0/s1. The van der Waals surface area contributed by atoms with Crippen LogP contribution in [-0.2, 0) is 4.79 Å². The Labute approximate surface area is 198 Å². The first-order valence-corrected chi connectivity index (χ1v) is 11.8. The highest BCUT2D eigenvalue weighted by molar-refractivity contribution is 6.21. The molecule has 6 unspecified atom stereocenters. The number of amides is 1. The monoisotopic (exact) mass is 491 g/mol. The summed E-state index contributed by atoms with van der Waals surface area (Å²) in [4.78, 5) is 17.9. The van der Waals surface area contributed by atoms with E-state index in [4.69, 9.17) is 11.6 Å². The Balaban J connectivity index is 1.28. The van der Waals surface area contributed by atoms with E-state index >= 15 is 4.39 Å². The Morgan fingerprint density at radius 2 is 2.15 bits per heavy atom. The molecule has 180 valence electrons. The number of imidazole rings is 1. The molecule has 2 aliphatic carbocycles. The van der Waals surface area contributed by atoms with Gasteiger partial charge >= 0.3 is 0 Å². The maximum absolute atomic E-state index is 15.8. The van der Waals surface area contributed by atoms with E-state index in [0.29, 0.717) is 18.0 Å². The molecule has 13 heteroatoms. The molecule has 0 spiro atoms. The van der Waals surface area contributed by atoms with Crippen molar-refractivity contribution in [1.82, 2.24) is 40.4 Å². The number of halogens is 3. The Bertz CT molecular complexity index is 1210. The summed E-state index contributed by atoms with van der Waals surface area (Å²) >= 11 is 6.80. The van der Waals surface area contributed by atoms with Crippen LogP contribution in [0.25, 0.3) is 5.65 Å². The molecule has 1 amide bonds. The number of carbonyl (C=O) groups excluding carboxylic acids is 1. The lowest BCUT2D eigenvalue weighted by molar-refractivity contribution is -0.117. The van der Waals surface area contributed by atoms with Crippen molar-refractivity contribution >= 4 is 29.0 Å². The molecule has 9 atom stereocenters. The van der Waals surface area contributed by atoms with Gasteiger partial charge in [0.15, 0.2) is 12.1 Å². The number of hydrogen-bond acceptors (Lipinski definition) is 7. The third kappa shape index (κ3) is 3.55. The van der Waals surface area contributed by atoms with Crippen molar-refractivity contribution in [1.29, 1.82) is 0 Å². The van der Waals surface area contributed by atoms with Crippen LogP contribution >= 0.6 is 11.6 Å². The number of rotatable bonds is 5. The molecule has 34 heavy (non-hydrogen) atoms. The second kappa shape index (κ2) is 8.21. The van der Waals surface area contributed by atoms with Crippen molar-refractivity contribution in [2.75, 3.05) is 11.9 Å². The number of hydrogen-bond donors (Lipinski definition) is 3. The molecule has 3 aliphatic rings. The first-order valence-electron chi connectivity index (χ1n) is 11.3. The van der Waals surface area contributed by atoms with E-state index in [2.05, 4.69) is 36.6 Å². The molecular formula is C21H24ClF2N9O. The summed E-state index contributed by atoms with van der Waals surface area (Å²) in [7, 11) is 0. The maximum atomic E-state index is 15.8. The van der Waals surface area contributed by atoms with E-state index in [9.17, 15) is 9.18 Å². The first kappa shape index (κ1) is 21.8. The quantitative estimate of drug-likeness (QED) is 0.465. The number of fused-ring (bicyclic) bond motifs is 2. The number of hydrazine groups is 1. The van der Waals surface area contributed by atoms with Crippen LogP contribution in [0, 0.1) is 17.8 Å². The number of tetrazole rings is 1. The zero-order valence-corrected chi connectivity index (χ0v) is 19.0. The van der Waals surface area contributed by atoms with Gasteiger partial charge in [0, 0.05) is 30.6 Å². The van der Waals surface area contributed by atoms with Gasteiger partial charge in [-0.15, -0.1) is 21.8 Å². The van der Waals surface area contributed by atoms with Crippen molar-refractivity contribution < 1.29 is 13.6 Å². The molecule has 3 N–H and O–H groups in total. The van der Waals surface area contributed by atoms with Crippen LogP contribution in [0.3, 0.4) is 0 Å². The van der Waals surface area contributed by atoms with Gasteiger partial charge in [0.05, 0.1) is 23.5 Å². The zero-order chi connectivity index (χ0) is 23.6. The van der Waals surface area contributed by atoms with E-state index in [1.54, 1.807) is 10.6 Å². The highest BCUT2D eigenvalue weighted by Gasteiger charge is 2.55. The number of anilines is 1. The second-order valence-corrected chi connectivity index (χ2v) is 9.91. The maximum Gasteiger partial charge on any atom is 0.231 e. The number of nitrogens with zero attached hydrogens (tertiary/aromatic N) is 6. The van der Waals surface area contributed by atoms with Crippen LogP contribution < -0.4 is 16.2 Å². The number of aromatic nitrogens is 6.